The Kier molecular flexibility index (Phi) is 10.8. The Morgan fingerprint density at radius 1 is 1.00 bits per heavy atom. The van der Waals surface area contributed by atoms with Gasteiger partial charge in [0.2, 0.25) is 5.91 Å². The smallest absolute Gasteiger partial charge is 0.384 e. The maximum atomic E-state index is 13.9. The van der Waals surface area contributed by atoms with Crippen LogP contribution in [-0.2, 0) is 21.5 Å². The van der Waals surface area contributed by atoms with Crippen molar-refractivity contribution >= 4 is 17.4 Å². The minimum Gasteiger partial charge on any atom is -0.384 e. The number of amides is 2. The van der Waals surface area contributed by atoms with Gasteiger partial charge in [0.15, 0.2) is 0 Å². The number of piperidine rings is 1. The number of hydrogen-bond donors (Lipinski definition) is 3. The first-order valence-corrected chi connectivity index (χ1v) is 17.7. The highest BCUT2D eigenvalue weighted by Gasteiger charge is 2.51. The standard InChI is InChI=1S/C40H47F3N4O2/c1-28-17-18-32-31-13-5-7-15-34(31)39(35(32)25-28,38(49)45-27-40(41,42)43)21-9-10-22-47-23-19-30(20-24-47)46-37(48)33-14-6-8-16-36(33)44-26-29-11-3-2-4-12-29/h2-7,11-15,18,25,28,30,44H,8-10,16-17,19-24,26-27H2,1H3,(H,45,49)(H,46,48). The number of benzene rings is 2. The number of carbonyl (C=O) groups excluding carboxylic acids is 2. The van der Waals surface area contributed by atoms with E-state index < -0.39 is 24.0 Å². The quantitative estimate of drug-likeness (QED) is 0.210. The molecule has 2 aromatic carbocycles. The van der Waals surface area contributed by atoms with Crippen LogP contribution in [-0.4, -0.2) is 55.1 Å². The molecular weight excluding hydrogens is 625 g/mol. The molecule has 0 saturated carbocycles. The van der Waals surface area contributed by atoms with Gasteiger partial charge in [0, 0.05) is 31.4 Å². The number of nitrogens with one attached hydrogen (secondary N) is 3. The summed E-state index contributed by atoms with van der Waals surface area (Å²) in [5.41, 5.74) is 5.32. The predicted molar refractivity (Wildman–Crippen MR) is 187 cm³/mol. The lowest BCUT2D eigenvalue weighted by atomic mass is 9.71. The molecule has 1 aliphatic heterocycles. The molecule has 0 radical (unpaired) electrons. The Morgan fingerprint density at radius 2 is 1.76 bits per heavy atom. The molecule has 2 amide bonds. The summed E-state index contributed by atoms with van der Waals surface area (Å²) in [6, 6.07) is 18.0. The van der Waals surface area contributed by atoms with Gasteiger partial charge in [-0.2, -0.15) is 13.2 Å². The number of allylic oxidation sites excluding steroid dienone is 5. The molecule has 1 fully saturated rings. The van der Waals surface area contributed by atoms with Gasteiger partial charge in [0.25, 0.3) is 5.91 Å². The molecule has 4 aliphatic rings. The first kappa shape index (κ1) is 34.7. The summed E-state index contributed by atoms with van der Waals surface area (Å²) in [6.07, 6.45) is 9.98. The van der Waals surface area contributed by atoms with Crippen molar-refractivity contribution in [3.63, 3.8) is 0 Å². The van der Waals surface area contributed by atoms with Crippen molar-refractivity contribution in [3.05, 3.63) is 112 Å². The van der Waals surface area contributed by atoms with Crippen molar-refractivity contribution in [3.8, 4) is 0 Å². The average molecular weight is 673 g/mol. The highest BCUT2D eigenvalue weighted by atomic mass is 19.4. The third-order valence-corrected chi connectivity index (χ3v) is 10.4. The number of halogens is 3. The zero-order valence-corrected chi connectivity index (χ0v) is 28.3. The van der Waals surface area contributed by atoms with Gasteiger partial charge >= 0.3 is 6.18 Å². The molecule has 6 nitrogen and oxygen atoms in total. The van der Waals surface area contributed by atoms with Gasteiger partial charge in [-0.1, -0.05) is 92.2 Å². The zero-order valence-electron chi connectivity index (χ0n) is 28.3. The van der Waals surface area contributed by atoms with E-state index >= 15 is 0 Å². The molecule has 49 heavy (non-hydrogen) atoms. The Balaban J connectivity index is 1.04. The lowest BCUT2D eigenvalue weighted by molar-refractivity contribution is -0.141. The normalized spacial score (nSPS) is 22.6. The molecule has 9 heteroatoms. The number of hydrogen-bond acceptors (Lipinski definition) is 4. The average Bonchev–Trinajstić information content (AvgIpc) is 3.38. The highest BCUT2D eigenvalue weighted by Crippen LogP contribution is 2.54. The Labute approximate surface area is 287 Å². The summed E-state index contributed by atoms with van der Waals surface area (Å²) in [5, 5.41) is 9.01. The summed E-state index contributed by atoms with van der Waals surface area (Å²) >= 11 is 0. The van der Waals surface area contributed by atoms with Crippen LogP contribution in [0, 0.1) is 5.92 Å². The number of rotatable bonds is 12. The molecule has 2 aromatic rings. The molecular formula is C40H47F3N4O2. The number of unbranched alkanes of at least 4 members (excludes halogenated alkanes) is 1. The molecule has 260 valence electrons. The minimum absolute atomic E-state index is 0.0318. The Bertz CT molecular complexity index is 1640. The number of alkyl halides is 3. The van der Waals surface area contributed by atoms with E-state index in [9.17, 15) is 22.8 Å². The summed E-state index contributed by atoms with van der Waals surface area (Å²) in [5.74, 6) is -0.401. The SMILES string of the molecule is CC1C=C2C(=CC1)c1ccccc1C2(CCCCN1CCC(NC(=O)C2=C(NCc3ccccc3)CCC=C2)CC1)C(=O)NCC(F)(F)F. The fourth-order valence-corrected chi connectivity index (χ4v) is 7.83. The minimum atomic E-state index is -4.49. The van der Waals surface area contributed by atoms with Gasteiger partial charge in [0.1, 0.15) is 6.54 Å². The van der Waals surface area contributed by atoms with E-state index in [4.69, 9.17) is 0 Å². The van der Waals surface area contributed by atoms with Crippen LogP contribution in [0.1, 0.15) is 75.0 Å². The third-order valence-electron chi connectivity index (χ3n) is 10.4. The third kappa shape index (κ3) is 8.04. The van der Waals surface area contributed by atoms with Gasteiger partial charge in [-0.15, -0.1) is 0 Å². The number of fused-ring (bicyclic) bond motifs is 3. The lowest BCUT2D eigenvalue weighted by Gasteiger charge is -2.34. The van der Waals surface area contributed by atoms with E-state index in [1.807, 2.05) is 48.5 Å². The first-order chi connectivity index (χ1) is 23.6. The van der Waals surface area contributed by atoms with Gasteiger partial charge in [0.05, 0.1) is 11.0 Å². The summed E-state index contributed by atoms with van der Waals surface area (Å²) in [6.45, 7) is 3.96. The van der Waals surface area contributed by atoms with Crippen molar-refractivity contribution in [1.29, 1.82) is 0 Å². The molecule has 6 rings (SSSR count). The predicted octanol–water partition coefficient (Wildman–Crippen LogP) is 7.11. The molecule has 2 unspecified atom stereocenters. The lowest BCUT2D eigenvalue weighted by Crippen LogP contribution is -2.47. The van der Waals surface area contributed by atoms with Crippen LogP contribution in [0.3, 0.4) is 0 Å². The number of nitrogens with zero attached hydrogens (tertiary/aromatic N) is 1. The van der Waals surface area contributed by atoms with Crippen molar-refractivity contribution in [1.82, 2.24) is 20.9 Å². The number of likely N-dealkylation sites (tertiary alicyclic amines) is 1. The second-order valence-electron chi connectivity index (χ2n) is 13.9. The zero-order chi connectivity index (χ0) is 34.4. The van der Waals surface area contributed by atoms with Gasteiger partial charge in [-0.25, -0.2) is 0 Å². The number of carbonyl (C=O) groups is 2. The van der Waals surface area contributed by atoms with Crippen LogP contribution >= 0.6 is 0 Å². The van der Waals surface area contributed by atoms with Crippen LogP contribution < -0.4 is 16.0 Å². The van der Waals surface area contributed by atoms with Crippen LogP contribution in [0.25, 0.3) is 5.57 Å². The van der Waals surface area contributed by atoms with Crippen molar-refractivity contribution < 1.29 is 22.8 Å². The maximum Gasteiger partial charge on any atom is 0.405 e. The fourth-order valence-electron chi connectivity index (χ4n) is 7.83. The summed E-state index contributed by atoms with van der Waals surface area (Å²) < 4.78 is 39.8. The second kappa shape index (κ2) is 15.2. The molecule has 0 bridgehead atoms. The molecule has 0 spiro atoms. The molecule has 2 atom stereocenters. The van der Waals surface area contributed by atoms with E-state index in [1.54, 1.807) is 0 Å². The van der Waals surface area contributed by atoms with Crippen molar-refractivity contribution in [2.45, 2.75) is 82.5 Å². The van der Waals surface area contributed by atoms with Gasteiger partial charge in [-0.05, 0) is 85.2 Å². The molecule has 1 saturated heterocycles. The van der Waals surface area contributed by atoms with E-state index in [-0.39, 0.29) is 17.9 Å². The Hall–Kier alpha value is -4.11. The fraction of sp³-hybridized carbons (Fsp3) is 0.450. The molecule has 1 heterocycles. The van der Waals surface area contributed by atoms with E-state index in [2.05, 4.69) is 58.1 Å². The molecule has 3 aliphatic carbocycles. The van der Waals surface area contributed by atoms with E-state index in [0.717, 1.165) is 86.1 Å². The first-order valence-electron chi connectivity index (χ1n) is 17.7. The molecule has 0 aromatic heterocycles. The van der Waals surface area contributed by atoms with Crippen LogP contribution in [0.15, 0.2) is 95.7 Å². The summed E-state index contributed by atoms with van der Waals surface area (Å²) in [4.78, 5) is 29.6. The highest BCUT2D eigenvalue weighted by molar-refractivity contribution is 6.05. The monoisotopic (exact) mass is 672 g/mol. The van der Waals surface area contributed by atoms with Crippen LogP contribution in [0.2, 0.25) is 0 Å². The largest absolute Gasteiger partial charge is 0.405 e. The molecule has 3 N–H and O–H groups in total. The topological polar surface area (TPSA) is 73.5 Å². The van der Waals surface area contributed by atoms with E-state index in [0.29, 0.717) is 25.0 Å². The van der Waals surface area contributed by atoms with Crippen LogP contribution in [0.5, 0.6) is 0 Å². The second-order valence-corrected chi connectivity index (χ2v) is 13.9. The van der Waals surface area contributed by atoms with E-state index in [1.165, 1.54) is 5.56 Å². The van der Waals surface area contributed by atoms with Gasteiger partial charge < -0.3 is 20.9 Å². The van der Waals surface area contributed by atoms with Crippen molar-refractivity contribution in [2.24, 2.45) is 5.92 Å². The van der Waals surface area contributed by atoms with Crippen LogP contribution in [0.4, 0.5) is 13.2 Å². The Morgan fingerprint density at radius 3 is 2.53 bits per heavy atom. The van der Waals surface area contributed by atoms with Gasteiger partial charge in [-0.3, -0.25) is 9.59 Å². The van der Waals surface area contributed by atoms with Crippen molar-refractivity contribution in [2.75, 3.05) is 26.2 Å². The maximum absolute atomic E-state index is 13.9. The summed E-state index contributed by atoms with van der Waals surface area (Å²) in [7, 11) is 0.